The van der Waals surface area contributed by atoms with Crippen LogP contribution in [0.5, 0.6) is 11.5 Å². The molecular weight excluding hydrogens is 421 g/mol. The molecule has 10 heteroatoms. The van der Waals surface area contributed by atoms with Crippen molar-refractivity contribution in [1.82, 2.24) is 15.0 Å². The van der Waals surface area contributed by atoms with Gasteiger partial charge < -0.3 is 14.5 Å². The fourth-order valence-corrected chi connectivity index (χ4v) is 3.34. The number of benzene rings is 1. The summed E-state index contributed by atoms with van der Waals surface area (Å²) in [6.07, 6.45) is -2.23. The molecule has 1 fully saturated rings. The van der Waals surface area contributed by atoms with E-state index in [4.69, 9.17) is 9.47 Å². The van der Waals surface area contributed by atoms with Crippen LogP contribution < -0.4 is 9.47 Å². The number of methoxy groups -OCH3 is 1. The molecule has 3 aromatic rings. The second-order valence-electron chi connectivity index (χ2n) is 7.35. The van der Waals surface area contributed by atoms with Gasteiger partial charge in [-0.3, -0.25) is 4.98 Å². The molecule has 0 aliphatic heterocycles. The summed E-state index contributed by atoms with van der Waals surface area (Å²) in [7, 11) is 1.46. The summed E-state index contributed by atoms with van der Waals surface area (Å²) in [6.45, 7) is 0.00490. The van der Waals surface area contributed by atoms with Crippen LogP contribution >= 0.6 is 0 Å². The second-order valence-corrected chi connectivity index (χ2v) is 7.35. The van der Waals surface area contributed by atoms with Gasteiger partial charge in [0.25, 0.3) is 0 Å². The van der Waals surface area contributed by atoms with Crippen molar-refractivity contribution in [1.29, 1.82) is 0 Å². The zero-order valence-corrected chi connectivity index (χ0v) is 16.3. The molecule has 5 nitrogen and oxygen atoms in total. The molecule has 1 aliphatic rings. The highest BCUT2D eigenvalue weighted by atomic mass is 19.4. The van der Waals surface area contributed by atoms with Crippen LogP contribution in [0.3, 0.4) is 0 Å². The molecule has 0 atom stereocenters. The van der Waals surface area contributed by atoms with Crippen LogP contribution in [-0.4, -0.2) is 28.0 Å². The molecule has 1 N–H and O–H groups in total. The second kappa shape index (κ2) is 7.82. The number of aromatic amines is 1. The quantitative estimate of drug-likeness (QED) is 0.509. The Bertz CT molecular complexity index is 1060. The van der Waals surface area contributed by atoms with Crippen LogP contribution in [0.4, 0.5) is 22.0 Å². The maximum Gasteiger partial charge on any atom is 0.433 e. The summed E-state index contributed by atoms with van der Waals surface area (Å²) < 4.78 is 75.0. The topological polar surface area (TPSA) is 60.0 Å². The fraction of sp³-hybridized carbons (Fsp3) is 0.333. The molecule has 2 aromatic heterocycles. The number of hydrogen-bond acceptors (Lipinski definition) is 4. The summed E-state index contributed by atoms with van der Waals surface area (Å²) in [4.78, 5) is 10.7. The molecule has 31 heavy (non-hydrogen) atoms. The molecule has 164 valence electrons. The molecule has 0 bridgehead atoms. The first kappa shape index (κ1) is 21.1. The van der Waals surface area contributed by atoms with Gasteiger partial charge in [-0.2, -0.15) is 13.2 Å². The Morgan fingerprint density at radius 3 is 2.45 bits per heavy atom. The van der Waals surface area contributed by atoms with Crippen molar-refractivity contribution < 1.29 is 31.4 Å². The van der Waals surface area contributed by atoms with E-state index in [-0.39, 0.29) is 25.4 Å². The van der Waals surface area contributed by atoms with E-state index >= 15 is 0 Å². The van der Waals surface area contributed by atoms with Crippen LogP contribution in [0.15, 0.2) is 42.7 Å². The highest BCUT2D eigenvalue weighted by Gasteiger charge is 2.47. The first-order chi connectivity index (χ1) is 14.6. The smallest absolute Gasteiger partial charge is 0.433 e. The summed E-state index contributed by atoms with van der Waals surface area (Å²) in [5.74, 6) is -1.59. The highest BCUT2D eigenvalue weighted by molar-refractivity contribution is 5.63. The number of H-pyrrole nitrogens is 1. The first-order valence-corrected chi connectivity index (χ1v) is 9.41. The van der Waals surface area contributed by atoms with Crippen LogP contribution in [0.25, 0.3) is 11.3 Å². The Balaban J connectivity index is 1.44. The third-order valence-corrected chi connectivity index (χ3v) is 5.06. The van der Waals surface area contributed by atoms with E-state index in [9.17, 15) is 22.0 Å². The summed E-state index contributed by atoms with van der Waals surface area (Å²) >= 11 is 0. The number of nitrogens with zero attached hydrogens (tertiary/aromatic N) is 2. The van der Waals surface area contributed by atoms with Crippen LogP contribution in [0.1, 0.15) is 35.8 Å². The number of pyridine rings is 1. The predicted molar refractivity (Wildman–Crippen MR) is 101 cm³/mol. The minimum atomic E-state index is -4.50. The SMILES string of the molecule is COc1cc(-c2cnc(C3CC(F)(F)C3)[nH]2)ccc1OCc1ccc(C(F)(F)F)nc1. The maximum absolute atomic E-state index is 13.1. The minimum Gasteiger partial charge on any atom is -0.493 e. The first-order valence-electron chi connectivity index (χ1n) is 9.41. The van der Waals surface area contributed by atoms with Crippen molar-refractivity contribution >= 4 is 0 Å². The fourth-order valence-electron chi connectivity index (χ4n) is 3.34. The lowest BCUT2D eigenvalue weighted by Gasteiger charge is -2.33. The maximum atomic E-state index is 13.1. The third-order valence-electron chi connectivity index (χ3n) is 5.06. The lowest BCUT2D eigenvalue weighted by Crippen LogP contribution is -2.34. The van der Waals surface area contributed by atoms with Gasteiger partial charge in [0.15, 0.2) is 11.5 Å². The number of hydrogen-bond donors (Lipinski definition) is 1. The van der Waals surface area contributed by atoms with Gasteiger partial charge in [0.1, 0.15) is 18.1 Å². The zero-order valence-electron chi connectivity index (χ0n) is 16.3. The van der Waals surface area contributed by atoms with Gasteiger partial charge >= 0.3 is 6.18 Å². The molecule has 0 unspecified atom stereocenters. The molecule has 0 spiro atoms. The summed E-state index contributed by atoms with van der Waals surface area (Å²) in [5, 5.41) is 0. The number of imidazole rings is 1. The van der Waals surface area contributed by atoms with Gasteiger partial charge in [-0.1, -0.05) is 6.07 Å². The highest BCUT2D eigenvalue weighted by Crippen LogP contribution is 2.47. The van der Waals surface area contributed by atoms with Gasteiger partial charge in [0.2, 0.25) is 5.92 Å². The van der Waals surface area contributed by atoms with E-state index in [1.54, 1.807) is 24.4 Å². The molecule has 2 heterocycles. The standard InChI is InChI=1S/C21H18F5N3O2/c1-30-17-6-13(15-10-28-19(29-15)14-7-20(22,23)8-14)3-4-16(17)31-11-12-2-5-18(27-9-12)21(24,25)26/h2-6,9-10,14H,7-8,11H2,1H3,(H,28,29). The molecule has 1 aromatic carbocycles. The van der Waals surface area contributed by atoms with E-state index in [0.29, 0.717) is 28.6 Å². The summed E-state index contributed by atoms with van der Waals surface area (Å²) in [5.41, 5.74) is 0.879. The average molecular weight is 439 g/mol. The minimum absolute atomic E-state index is 0.00490. The Morgan fingerprint density at radius 1 is 1.06 bits per heavy atom. The Morgan fingerprint density at radius 2 is 1.84 bits per heavy atom. The van der Waals surface area contributed by atoms with E-state index in [2.05, 4.69) is 15.0 Å². The summed E-state index contributed by atoms with van der Waals surface area (Å²) in [6, 6.07) is 7.30. The monoisotopic (exact) mass is 439 g/mol. The molecule has 4 rings (SSSR count). The molecule has 0 amide bonds. The zero-order chi connectivity index (χ0) is 22.2. The molecule has 1 aliphatic carbocycles. The van der Waals surface area contributed by atoms with E-state index < -0.39 is 17.8 Å². The lowest BCUT2D eigenvalue weighted by atomic mass is 9.81. The van der Waals surface area contributed by atoms with E-state index in [1.165, 1.54) is 13.2 Å². The van der Waals surface area contributed by atoms with Crippen molar-refractivity contribution in [2.75, 3.05) is 7.11 Å². The molecule has 0 saturated heterocycles. The van der Waals surface area contributed by atoms with E-state index in [1.807, 2.05) is 0 Å². The molecule has 0 radical (unpaired) electrons. The van der Waals surface area contributed by atoms with Gasteiger partial charge in [-0.25, -0.2) is 13.8 Å². The number of rotatable bonds is 6. The number of aromatic nitrogens is 3. The Labute approximate surface area is 174 Å². The van der Waals surface area contributed by atoms with Crippen molar-refractivity contribution in [3.8, 4) is 22.8 Å². The van der Waals surface area contributed by atoms with Gasteiger partial charge in [0, 0.05) is 36.1 Å². The van der Waals surface area contributed by atoms with Crippen molar-refractivity contribution in [3.05, 3.63) is 59.8 Å². The number of nitrogens with one attached hydrogen (secondary N) is 1. The predicted octanol–water partition coefficient (Wildman–Crippen LogP) is 5.59. The van der Waals surface area contributed by atoms with Crippen molar-refractivity contribution in [3.63, 3.8) is 0 Å². The van der Waals surface area contributed by atoms with Crippen LogP contribution in [0, 0.1) is 0 Å². The Kier molecular flexibility index (Phi) is 5.32. The third kappa shape index (κ3) is 4.62. The lowest BCUT2D eigenvalue weighted by molar-refractivity contribution is -0.141. The van der Waals surface area contributed by atoms with Crippen molar-refractivity contribution in [2.24, 2.45) is 0 Å². The largest absolute Gasteiger partial charge is 0.493 e. The van der Waals surface area contributed by atoms with Gasteiger partial charge in [-0.15, -0.1) is 0 Å². The van der Waals surface area contributed by atoms with Crippen molar-refractivity contribution in [2.45, 2.75) is 37.5 Å². The van der Waals surface area contributed by atoms with Crippen LogP contribution in [-0.2, 0) is 12.8 Å². The number of alkyl halides is 5. The molecular formula is C21H18F5N3O2. The number of halogens is 5. The van der Waals surface area contributed by atoms with Gasteiger partial charge in [-0.05, 0) is 24.3 Å². The van der Waals surface area contributed by atoms with Gasteiger partial charge in [0.05, 0.1) is 19.0 Å². The average Bonchev–Trinajstić information content (AvgIpc) is 3.20. The number of ether oxygens (including phenoxy) is 2. The van der Waals surface area contributed by atoms with Crippen LogP contribution in [0.2, 0.25) is 0 Å². The normalized spacial score (nSPS) is 16.1. The Hall–Kier alpha value is -3.17. The van der Waals surface area contributed by atoms with E-state index in [0.717, 1.165) is 17.8 Å². The molecule has 1 saturated carbocycles.